The van der Waals surface area contributed by atoms with E-state index in [2.05, 4.69) is 48.3 Å². The van der Waals surface area contributed by atoms with Crippen molar-refractivity contribution in [1.29, 1.82) is 0 Å². The maximum absolute atomic E-state index is 12.6. The van der Waals surface area contributed by atoms with Crippen molar-refractivity contribution >= 4 is 18.3 Å². The summed E-state index contributed by atoms with van der Waals surface area (Å²) < 4.78 is 0. The number of carbonyl (C=O) groups is 1. The standard InChI is InChI=1S/C18H29N3O.ClH/c1-3-11-21(14-17-7-5-16(2)6-8-17)18(22)15-20-12-4-9-19-10-13-20;/h5-8,19H,3-4,9-15H2,1-2H3;1H. The van der Waals surface area contributed by atoms with E-state index in [4.69, 9.17) is 0 Å². The second-order valence-electron chi connectivity index (χ2n) is 6.18. The summed E-state index contributed by atoms with van der Waals surface area (Å²) in [6, 6.07) is 8.48. The molecular formula is C18H30ClN3O. The smallest absolute Gasteiger partial charge is 0.237 e. The highest BCUT2D eigenvalue weighted by Gasteiger charge is 2.18. The summed E-state index contributed by atoms with van der Waals surface area (Å²) in [6.45, 7) is 10.4. The fourth-order valence-electron chi connectivity index (χ4n) is 2.83. The van der Waals surface area contributed by atoms with Crippen molar-refractivity contribution in [3.63, 3.8) is 0 Å². The SMILES string of the molecule is CCCN(Cc1ccc(C)cc1)C(=O)CN1CCCNCC1.Cl. The van der Waals surface area contributed by atoms with Gasteiger partial charge in [0.1, 0.15) is 0 Å². The maximum atomic E-state index is 12.6. The maximum Gasteiger partial charge on any atom is 0.237 e. The van der Waals surface area contributed by atoms with Gasteiger partial charge >= 0.3 is 0 Å². The molecule has 1 aliphatic heterocycles. The molecule has 1 saturated heterocycles. The third-order valence-corrected chi connectivity index (χ3v) is 4.13. The van der Waals surface area contributed by atoms with E-state index >= 15 is 0 Å². The van der Waals surface area contributed by atoms with Crippen LogP contribution in [0.15, 0.2) is 24.3 Å². The molecule has 1 aromatic rings. The number of amides is 1. The predicted octanol–water partition coefficient (Wildman–Crippen LogP) is 2.45. The number of rotatable bonds is 6. The molecule has 0 unspecified atom stereocenters. The molecule has 0 atom stereocenters. The second-order valence-corrected chi connectivity index (χ2v) is 6.18. The van der Waals surface area contributed by atoms with E-state index in [0.29, 0.717) is 6.54 Å². The fourth-order valence-corrected chi connectivity index (χ4v) is 2.83. The van der Waals surface area contributed by atoms with Crippen molar-refractivity contribution in [2.45, 2.75) is 33.2 Å². The minimum atomic E-state index is 0. The molecule has 1 amide bonds. The van der Waals surface area contributed by atoms with Crippen molar-refractivity contribution in [1.82, 2.24) is 15.1 Å². The van der Waals surface area contributed by atoms with Gasteiger partial charge < -0.3 is 10.2 Å². The number of nitrogens with one attached hydrogen (secondary N) is 1. The zero-order valence-corrected chi connectivity index (χ0v) is 15.2. The summed E-state index contributed by atoms with van der Waals surface area (Å²) in [7, 11) is 0. The summed E-state index contributed by atoms with van der Waals surface area (Å²) >= 11 is 0. The number of aryl methyl sites for hydroxylation is 1. The minimum absolute atomic E-state index is 0. The van der Waals surface area contributed by atoms with Crippen LogP contribution < -0.4 is 5.32 Å². The third kappa shape index (κ3) is 6.90. The van der Waals surface area contributed by atoms with Gasteiger partial charge in [-0.05, 0) is 38.4 Å². The topological polar surface area (TPSA) is 35.6 Å². The molecular weight excluding hydrogens is 310 g/mol. The Balaban J connectivity index is 0.00000264. The van der Waals surface area contributed by atoms with Crippen molar-refractivity contribution in [3.8, 4) is 0 Å². The Morgan fingerprint density at radius 1 is 1.22 bits per heavy atom. The summed E-state index contributed by atoms with van der Waals surface area (Å²) in [5.74, 6) is 0.254. The third-order valence-electron chi connectivity index (χ3n) is 4.13. The van der Waals surface area contributed by atoms with Gasteiger partial charge in [-0.2, -0.15) is 0 Å². The molecule has 1 heterocycles. The van der Waals surface area contributed by atoms with E-state index in [1.54, 1.807) is 0 Å². The van der Waals surface area contributed by atoms with Crippen LogP contribution in [0, 0.1) is 6.92 Å². The lowest BCUT2D eigenvalue weighted by Gasteiger charge is -2.26. The van der Waals surface area contributed by atoms with Crippen molar-refractivity contribution in [3.05, 3.63) is 35.4 Å². The second kappa shape index (κ2) is 10.6. The van der Waals surface area contributed by atoms with Crippen LogP contribution >= 0.6 is 12.4 Å². The van der Waals surface area contributed by atoms with Gasteiger partial charge in [0.2, 0.25) is 5.91 Å². The molecule has 0 spiro atoms. The monoisotopic (exact) mass is 339 g/mol. The van der Waals surface area contributed by atoms with Crippen LogP contribution in [0.3, 0.4) is 0 Å². The van der Waals surface area contributed by atoms with Crippen LogP contribution in [-0.4, -0.2) is 55.0 Å². The molecule has 0 aliphatic carbocycles. The van der Waals surface area contributed by atoms with Crippen molar-refractivity contribution < 1.29 is 4.79 Å². The Bertz CT molecular complexity index is 456. The normalized spacial score (nSPS) is 15.6. The van der Waals surface area contributed by atoms with Crippen LogP contribution in [0.4, 0.5) is 0 Å². The molecule has 0 bridgehead atoms. The largest absolute Gasteiger partial charge is 0.337 e. The molecule has 23 heavy (non-hydrogen) atoms. The highest BCUT2D eigenvalue weighted by Crippen LogP contribution is 2.09. The van der Waals surface area contributed by atoms with E-state index in [9.17, 15) is 4.79 Å². The zero-order valence-electron chi connectivity index (χ0n) is 14.4. The van der Waals surface area contributed by atoms with E-state index in [1.165, 1.54) is 11.1 Å². The van der Waals surface area contributed by atoms with Crippen LogP contribution in [-0.2, 0) is 11.3 Å². The quantitative estimate of drug-likeness (QED) is 0.864. The Morgan fingerprint density at radius 2 is 1.96 bits per heavy atom. The van der Waals surface area contributed by atoms with E-state index < -0.39 is 0 Å². The summed E-state index contributed by atoms with van der Waals surface area (Å²) in [5, 5.41) is 3.38. The number of hydrogen-bond donors (Lipinski definition) is 1. The average Bonchev–Trinajstić information content (AvgIpc) is 2.77. The molecule has 1 aromatic carbocycles. The number of benzene rings is 1. The van der Waals surface area contributed by atoms with E-state index in [-0.39, 0.29) is 18.3 Å². The molecule has 130 valence electrons. The highest BCUT2D eigenvalue weighted by molar-refractivity contribution is 5.85. The average molecular weight is 340 g/mol. The lowest BCUT2D eigenvalue weighted by molar-refractivity contribution is -0.133. The van der Waals surface area contributed by atoms with Gasteiger partial charge in [0, 0.05) is 26.2 Å². The van der Waals surface area contributed by atoms with Gasteiger partial charge in [-0.1, -0.05) is 36.8 Å². The lowest BCUT2D eigenvalue weighted by atomic mass is 10.1. The Labute approximate surface area is 146 Å². The Kier molecular flexibility index (Phi) is 9.22. The summed E-state index contributed by atoms with van der Waals surface area (Å²) in [4.78, 5) is 16.9. The molecule has 2 rings (SSSR count). The predicted molar refractivity (Wildman–Crippen MR) is 98.1 cm³/mol. The first-order chi connectivity index (χ1) is 10.7. The van der Waals surface area contributed by atoms with Crippen molar-refractivity contribution in [2.24, 2.45) is 0 Å². The first-order valence-corrected chi connectivity index (χ1v) is 8.45. The molecule has 1 aliphatic rings. The molecule has 1 N–H and O–H groups in total. The minimum Gasteiger partial charge on any atom is -0.337 e. The van der Waals surface area contributed by atoms with Crippen LogP contribution in [0.1, 0.15) is 30.9 Å². The Hall–Kier alpha value is -1.10. The van der Waals surface area contributed by atoms with Gasteiger partial charge in [0.25, 0.3) is 0 Å². The van der Waals surface area contributed by atoms with Gasteiger partial charge in [-0.25, -0.2) is 0 Å². The van der Waals surface area contributed by atoms with E-state index in [1.807, 2.05) is 4.90 Å². The molecule has 0 saturated carbocycles. The summed E-state index contributed by atoms with van der Waals surface area (Å²) in [6.07, 6.45) is 2.12. The van der Waals surface area contributed by atoms with Gasteiger partial charge in [0.05, 0.1) is 6.54 Å². The first-order valence-electron chi connectivity index (χ1n) is 8.45. The number of nitrogens with zero attached hydrogens (tertiary/aromatic N) is 2. The molecule has 1 fully saturated rings. The van der Waals surface area contributed by atoms with Crippen LogP contribution in [0.5, 0.6) is 0 Å². The van der Waals surface area contributed by atoms with Gasteiger partial charge in [-0.15, -0.1) is 12.4 Å². The molecule has 5 heteroatoms. The van der Waals surface area contributed by atoms with Crippen LogP contribution in [0.2, 0.25) is 0 Å². The Morgan fingerprint density at radius 3 is 2.65 bits per heavy atom. The molecule has 0 radical (unpaired) electrons. The molecule has 0 aromatic heterocycles. The van der Waals surface area contributed by atoms with E-state index in [0.717, 1.165) is 52.1 Å². The van der Waals surface area contributed by atoms with Gasteiger partial charge in [-0.3, -0.25) is 9.69 Å². The first kappa shape index (κ1) is 19.9. The zero-order chi connectivity index (χ0) is 15.8. The lowest BCUT2D eigenvalue weighted by Crippen LogP contribution is -2.41. The number of hydrogen-bond acceptors (Lipinski definition) is 3. The fraction of sp³-hybridized carbons (Fsp3) is 0.611. The number of halogens is 1. The number of carbonyl (C=O) groups excluding carboxylic acids is 1. The summed E-state index contributed by atoms with van der Waals surface area (Å²) in [5.41, 5.74) is 2.47. The molecule has 4 nitrogen and oxygen atoms in total. The van der Waals surface area contributed by atoms with Crippen LogP contribution in [0.25, 0.3) is 0 Å². The van der Waals surface area contributed by atoms with Gasteiger partial charge in [0.15, 0.2) is 0 Å². The highest BCUT2D eigenvalue weighted by atomic mass is 35.5. The van der Waals surface area contributed by atoms with Crippen molar-refractivity contribution in [2.75, 3.05) is 39.3 Å².